The molecule has 1 unspecified atom stereocenters. The average Bonchev–Trinajstić information content (AvgIpc) is 3.97. The van der Waals surface area contributed by atoms with Crippen molar-refractivity contribution in [3.05, 3.63) is 54.8 Å². The number of carbonyl (C=O) groups excluding carboxylic acids is 4. The predicted octanol–water partition coefficient (Wildman–Crippen LogP) is 4.48. The van der Waals surface area contributed by atoms with Crippen LogP contribution in [0.15, 0.2) is 47.7 Å². The highest BCUT2D eigenvalue weighted by molar-refractivity contribution is 7.91. The van der Waals surface area contributed by atoms with Gasteiger partial charge in [0.25, 0.3) is 5.91 Å². The molecule has 4 fully saturated rings. The highest BCUT2D eigenvalue weighted by atomic mass is 32.2. The van der Waals surface area contributed by atoms with Crippen LogP contribution < -0.4 is 29.6 Å². The van der Waals surface area contributed by atoms with Gasteiger partial charge in [0.1, 0.15) is 41.5 Å². The van der Waals surface area contributed by atoms with E-state index in [0.29, 0.717) is 66.8 Å². The summed E-state index contributed by atoms with van der Waals surface area (Å²) < 4.78 is 57.7. The first kappa shape index (κ1) is 42.3. The minimum absolute atomic E-state index is 0.00373. The van der Waals surface area contributed by atoms with Crippen LogP contribution in [0, 0.1) is 17.3 Å². The molecular weight excluding hydrogens is 809 g/mol. The number of pyridine rings is 1. The number of nitrogens with one attached hydrogen (secondary N) is 3. The van der Waals surface area contributed by atoms with Crippen molar-refractivity contribution in [1.82, 2.24) is 30.2 Å². The van der Waals surface area contributed by atoms with Crippen molar-refractivity contribution in [3.63, 3.8) is 0 Å². The first-order valence-electron chi connectivity index (χ1n) is 21.1. The van der Waals surface area contributed by atoms with Gasteiger partial charge in [0.05, 0.1) is 37.2 Å². The lowest BCUT2D eigenvalue weighted by Gasteiger charge is -2.32. The number of aryl methyl sites for hydroxylation is 1. The van der Waals surface area contributed by atoms with E-state index in [2.05, 4.69) is 26.9 Å². The molecule has 328 valence electrons. The summed E-state index contributed by atoms with van der Waals surface area (Å²) in [6.07, 6.45) is 9.25. The number of oxazole rings is 1. The Balaban J connectivity index is 1.16. The van der Waals surface area contributed by atoms with E-state index in [9.17, 15) is 27.6 Å². The van der Waals surface area contributed by atoms with E-state index in [1.165, 1.54) is 23.4 Å². The van der Waals surface area contributed by atoms with Crippen molar-refractivity contribution in [3.8, 4) is 17.4 Å². The molecule has 3 saturated carbocycles. The quantitative estimate of drug-likeness (QED) is 0.227. The lowest BCUT2D eigenvalue weighted by molar-refractivity contribution is -0.142. The minimum atomic E-state index is -3.93. The number of fused-ring (bicyclic) bond motifs is 3. The number of hydrogen-bond acceptors (Lipinski definition) is 13. The zero-order chi connectivity index (χ0) is 43.1. The fourth-order valence-corrected chi connectivity index (χ4v) is 10.3. The van der Waals surface area contributed by atoms with E-state index in [1.54, 1.807) is 13.2 Å². The summed E-state index contributed by atoms with van der Waals surface area (Å²) >= 11 is 0. The molecule has 3 N–H and O–H groups in total. The van der Waals surface area contributed by atoms with E-state index in [1.807, 2.05) is 26.0 Å². The molecule has 3 aromatic rings. The van der Waals surface area contributed by atoms with Crippen molar-refractivity contribution in [2.45, 2.75) is 120 Å². The lowest BCUT2D eigenvalue weighted by atomic mass is 9.87. The highest BCUT2D eigenvalue weighted by Gasteiger charge is 2.62. The third-order valence-electron chi connectivity index (χ3n) is 12.7. The van der Waals surface area contributed by atoms with Crippen LogP contribution >= 0.6 is 0 Å². The van der Waals surface area contributed by atoms with Gasteiger partial charge in [0.2, 0.25) is 33.6 Å². The van der Waals surface area contributed by atoms with Crippen molar-refractivity contribution in [2.75, 3.05) is 20.3 Å². The molecule has 5 aliphatic rings. The zero-order valence-corrected chi connectivity index (χ0v) is 35.6. The Hall–Kier alpha value is -5.39. The number of benzene rings is 1. The molecule has 0 spiro atoms. The van der Waals surface area contributed by atoms with E-state index < -0.39 is 74.1 Å². The number of cyclic esters (lactones) is 1. The molecule has 5 atom stereocenters. The molecule has 4 heterocycles. The first-order valence-corrected chi connectivity index (χ1v) is 22.7. The van der Waals surface area contributed by atoms with Gasteiger partial charge in [-0.3, -0.25) is 19.1 Å². The standard InChI is InChI=1S/C43H54N6O11S/c1-5-27-21-43(27,40(52)48-61(54,55)29-12-13-29)47-38(50)32-18-28-22-49(32)39(51)37(25-9-6-7-10-25)46-41(53)59-24-42(2,3)14-8-11-26-17-30-31(19-33(26)56-4)45-35(20-34(30)60-28)58-23-36-44-15-16-57-36/h5,15-17,19-20,25,27-29,32,37H,1,6-14,18,21-24H2,2-4H3,(H,46,53)(H,47,50)(H,48,52)/t27-,28+,32-,37-,43?/m0/s1. The van der Waals surface area contributed by atoms with E-state index >= 15 is 0 Å². The van der Waals surface area contributed by atoms with Crippen LogP contribution in [0.5, 0.6) is 17.4 Å². The van der Waals surface area contributed by atoms with Gasteiger partial charge in [-0.05, 0) is 74.3 Å². The second kappa shape index (κ2) is 16.8. The van der Waals surface area contributed by atoms with Gasteiger partial charge in [0.15, 0.2) is 6.61 Å². The molecule has 61 heavy (non-hydrogen) atoms. The Morgan fingerprint density at radius 3 is 2.59 bits per heavy atom. The molecule has 4 bridgehead atoms. The molecule has 1 aromatic carbocycles. The van der Waals surface area contributed by atoms with Gasteiger partial charge in [-0.2, -0.15) is 0 Å². The summed E-state index contributed by atoms with van der Waals surface area (Å²) in [4.78, 5) is 67.0. The van der Waals surface area contributed by atoms with Gasteiger partial charge >= 0.3 is 6.09 Å². The highest BCUT2D eigenvalue weighted by Crippen LogP contribution is 2.46. The van der Waals surface area contributed by atoms with Crippen LogP contribution in [-0.4, -0.2) is 96.3 Å². The van der Waals surface area contributed by atoms with Crippen molar-refractivity contribution in [2.24, 2.45) is 17.3 Å². The van der Waals surface area contributed by atoms with Crippen LogP contribution in [0.4, 0.5) is 4.79 Å². The number of carbonyl (C=O) groups is 4. The lowest BCUT2D eigenvalue weighted by Crippen LogP contribution is -2.59. The van der Waals surface area contributed by atoms with E-state index in [0.717, 1.165) is 24.8 Å². The van der Waals surface area contributed by atoms with E-state index in [4.69, 9.17) is 28.3 Å². The number of sulfonamides is 1. The summed E-state index contributed by atoms with van der Waals surface area (Å²) in [7, 11) is -2.34. The summed E-state index contributed by atoms with van der Waals surface area (Å²) in [5, 5.41) is 5.72. The Morgan fingerprint density at radius 2 is 1.90 bits per heavy atom. The summed E-state index contributed by atoms with van der Waals surface area (Å²) in [6.45, 7) is 7.90. The maximum Gasteiger partial charge on any atom is 0.407 e. The van der Waals surface area contributed by atoms with Gasteiger partial charge in [-0.1, -0.05) is 32.8 Å². The number of hydrogen-bond donors (Lipinski definition) is 3. The zero-order valence-electron chi connectivity index (χ0n) is 34.8. The second-order valence-electron chi connectivity index (χ2n) is 17.8. The van der Waals surface area contributed by atoms with Crippen molar-refractivity contribution >= 4 is 44.7 Å². The molecule has 0 radical (unpaired) electrons. The fraction of sp³-hybridized carbons (Fsp3) is 0.581. The Bertz CT molecular complexity index is 2290. The fourth-order valence-electron chi connectivity index (χ4n) is 8.94. The van der Waals surface area contributed by atoms with Gasteiger partial charge in [-0.15, -0.1) is 6.58 Å². The minimum Gasteiger partial charge on any atom is -0.496 e. The first-order chi connectivity index (χ1) is 29.2. The van der Waals surface area contributed by atoms with Gasteiger partial charge in [0, 0.05) is 29.9 Å². The maximum atomic E-state index is 14.9. The maximum absolute atomic E-state index is 14.9. The summed E-state index contributed by atoms with van der Waals surface area (Å²) in [5.41, 5.74) is -0.556. The number of amides is 4. The monoisotopic (exact) mass is 862 g/mol. The number of rotatable bonds is 11. The molecule has 8 rings (SSSR count). The molecule has 1 saturated heterocycles. The predicted molar refractivity (Wildman–Crippen MR) is 220 cm³/mol. The molecular formula is C43H54N6O11S. The van der Waals surface area contributed by atoms with E-state index in [-0.39, 0.29) is 44.4 Å². The summed E-state index contributed by atoms with van der Waals surface area (Å²) in [6, 6.07) is 3.27. The van der Waals surface area contributed by atoms with Crippen LogP contribution in [0.2, 0.25) is 0 Å². The molecule has 3 aliphatic carbocycles. The third kappa shape index (κ3) is 9.14. The SMILES string of the molecule is C=C[C@H]1CC1(NC(=O)[C@@H]1C[C@@H]2CN1C(=O)[C@H](C1CCCC1)NC(=O)OCC(C)(C)CCCc1cc3c(cc(OCc4ncco4)nc3cc1OC)O2)C(=O)NS(=O)(=O)C1CC1. The van der Waals surface area contributed by atoms with Crippen LogP contribution in [0.3, 0.4) is 0 Å². The second-order valence-corrected chi connectivity index (χ2v) is 19.7. The molecule has 18 heteroatoms. The number of ether oxygens (including phenoxy) is 4. The van der Waals surface area contributed by atoms with Crippen LogP contribution in [-0.2, 0) is 42.2 Å². The third-order valence-corrected chi connectivity index (χ3v) is 14.5. The Labute approximate surface area is 354 Å². The number of methoxy groups -OCH3 is 1. The number of nitrogens with zero attached hydrogens (tertiary/aromatic N) is 3. The number of aromatic nitrogens is 2. The van der Waals surface area contributed by atoms with Gasteiger partial charge in [-0.25, -0.2) is 23.2 Å². The van der Waals surface area contributed by atoms with Crippen molar-refractivity contribution in [1.29, 1.82) is 0 Å². The molecule has 2 aliphatic heterocycles. The molecule has 4 amide bonds. The summed E-state index contributed by atoms with van der Waals surface area (Å²) in [5.74, 6) is -1.18. The Kier molecular flexibility index (Phi) is 11.7. The number of alkyl carbamates (subject to hydrolysis) is 1. The normalized spacial score (nSPS) is 27.0. The van der Waals surface area contributed by atoms with Crippen LogP contribution in [0.1, 0.15) is 89.5 Å². The average molecular weight is 863 g/mol. The van der Waals surface area contributed by atoms with Crippen LogP contribution in [0.25, 0.3) is 10.9 Å². The van der Waals surface area contributed by atoms with Crippen molar-refractivity contribution < 1.29 is 51.0 Å². The largest absolute Gasteiger partial charge is 0.496 e. The van der Waals surface area contributed by atoms with Gasteiger partial charge < -0.3 is 38.9 Å². The smallest absolute Gasteiger partial charge is 0.407 e. The molecule has 17 nitrogen and oxygen atoms in total. The molecule has 2 aromatic heterocycles. The topological polar surface area (TPSA) is 218 Å². The Morgan fingerprint density at radius 1 is 1.11 bits per heavy atom.